The second-order valence-corrected chi connectivity index (χ2v) is 20.4. The highest BCUT2D eigenvalue weighted by Crippen LogP contribution is 2.37. The van der Waals surface area contributed by atoms with Gasteiger partial charge in [-0.05, 0) is 73.3 Å². The van der Waals surface area contributed by atoms with Crippen molar-refractivity contribution >= 4 is 47.6 Å². The number of likely N-dealkylation sites (N-methyl/N-ethyl adjacent to an activating group) is 1. The van der Waals surface area contributed by atoms with Gasteiger partial charge in [0.1, 0.15) is 42.8 Å². The largest absolute Gasteiger partial charge is 0.488 e. The summed E-state index contributed by atoms with van der Waals surface area (Å²) >= 11 is 6.76. The summed E-state index contributed by atoms with van der Waals surface area (Å²) in [6.07, 6.45) is 5.77. The van der Waals surface area contributed by atoms with E-state index in [1.54, 1.807) is 23.0 Å². The van der Waals surface area contributed by atoms with Gasteiger partial charge < -0.3 is 19.5 Å². The monoisotopic (exact) mass is 952 g/mol. The predicted octanol–water partition coefficient (Wildman–Crippen LogP) is 4.76. The van der Waals surface area contributed by atoms with Crippen molar-refractivity contribution in [2.24, 2.45) is 0 Å². The Balaban J connectivity index is 1.34. The van der Waals surface area contributed by atoms with Crippen LogP contribution in [0, 0.1) is 13.8 Å². The van der Waals surface area contributed by atoms with Crippen molar-refractivity contribution in [3.05, 3.63) is 112 Å². The first kappa shape index (κ1) is 48.8. The van der Waals surface area contributed by atoms with E-state index in [1.807, 2.05) is 50.2 Å². The number of benzene rings is 3. The molecule has 340 valence electrons. The Labute approximate surface area is 369 Å². The lowest BCUT2D eigenvalue weighted by Crippen LogP contribution is -2.44. The van der Waals surface area contributed by atoms with Gasteiger partial charge in [0.25, 0.3) is 20.2 Å². The van der Waals surface area contributed by atoms with E-state index < -0.39 is 60.3 Å². The van der Waals surface area contributed by atoms with E-state index >= 15 is 0 Å². The molecule has 0 aliphatic carbocycles. The van der Waals surface area contributed by atoms with Gasteiger partial charge in [-0.15, -0.1) is 5.10 Å². The molecule has 63 heavy (non-hydrogen) atoms. The minimum Gasteiger partial charge on any atom is -0.488 e. The number of sulfone groups is 1. The van der Waals surface area contributed by atoms with Gasteiger partial charge in [-0.1, -0.05) is 47.1 Å². The van der Waals surface area contributed by atoms with E-state index in [4.69, 9.17) is 25.8 Å². The maximum absolute atomic E-state index is 12.7. The highest BCUT2D eigenvalue weighted by Gasteiger charge is 2.36. The lowest BCUT2D eigenvalue weighted by atomic mass is 9.93. The number of aromatic nitrogens is 4. The van der Waals surface area contributed by atoms with Crippen molar-refractivity contribution in [2.45, 2.75) is 62.7 Å². The van der Waals surface area contributed by atoms with Gasteiger partial charge in [-0.3, -0.25) is 32.9 Å². The molecular weight excluding hydrogens is 907 g/mol. The number of nitrogens with zero attached hydrogens (tertiary/aromatic N) is 5. The molecule has 0 bridgehead atoms. The summed E-state index contributed by atoms with van der Waals surface area (Å²) in [4.78, 5) is 18.1. The van der Waals surface area contributed by atoms with Crippen molar-refractivity contribution in [3.8, 4) is 28.4 Å². The van der Waals surface area contributed by atoms with Crippen LogP contribution in [-0.4, -0.2) is 103 Å². The van der Waals surface area contributed by atoms with Crippen LogP contribution < -0.4 is 19.5 Å². The summed E-state index contributed by atoms with van der Waals surface area (Å²) < 4.78 is 119. The molecule has 5 aromatic rings. The van der Waals surface area contributed by atoms with Crippen LogP contribution in [0.1, 0.15) is 39.9 Å². The standard InChI is InChI=1S/C40H46ClFN6O12S3/c1-26-29(8-5-9-33(26)34-10-6-11-36(27(34)2)60-25-31-21-48(46-45-31)13-7-12-42)24-59-38-16-37(58-23-28-14-32(18-43-17-28)61(4,50)51)30(15-35(38)41)20-47(3)22-39(49)44-19-40(62(52,53)54)63(55,56)57/h5-6,8-11,14-18,21,40H,7,12-13,19-20,22-25H2,1-4H3,(H,44,49)(H,52,53,54)(H,55,56,57). The number of alkyl halides is 1. The molecule has 23 heteroatoms. The van der Waals surface area contributed by atoms with E-state index in [2.05, 4.69) is 20.6 Å². The fourth-order valence-corrected chi connectivity index (χ4v) is 8.97. The van der Waals surface area contributed by atoms with Crippen molar-refractivity contribution < 1.29 is 57.8 Å². The zero-order chi connectivity index (χ0) is 46.1. The topological polar surface area (TPSA) is 247 Å². The van der Waals surface area contributed by atoms with Gasteiger partial charge in [0.05, 0.1) is 35.9 Å². The minimum atomic E-state index is -5.27. The van der Waals surface area contributed by atoms with Crippen LogP contribution in [0.5, 0.6) is 17.2 Å². The van der Waals surface area contributed by atoms with Crippen LogP contribution in [0.2, 0.25) is 5.02 Å². The quantitative estimate of drug-likeness (QED) is 0.0792. The summed E-state index contributed by atoms with van der Waals surface area (Å²) in [7, 11) is -12.6. The van der Waals surface area contributed by atoms with Crippen LogP contribution in [0.4, 0.5) is 4.39 Å². The molecule has 2 aromatic heterocycles. The van der Waals surface area contributed by atoms with Gasteiger partial charge in [0, 0.05) is 48.9 Å². The molecular formula is C40H46ClFN6O12S3. The van der Waals surface area contributed by atoms with Gasteiger partial charge in [0.2, 0.25) is 10.5 Å². The molecule has 0 saturated heterocycles. The Hall–Kier alpha value is -5.23. The first-order chi connectivity index (χ1) is 29.6. The SMILES string of the molecule is Cc1c(COc2cc(OCc3cncc(S(C)(=O)=O)c3)c(CN(C)CC(=O)NCC(S(=O)(=O)O)S(=O)(=O)O)cc2Cl)cccc1-c1cccc(OCc2cn(CCCF)nn2)c1C. The van der Waals surface area contributed by atoms with Crippen molar-refractivity contribution in [1.82, 2.24) is 30.2 Å². The van der Waals surface area contributed by atoms with E-state index in [9.17, 15) is 43.5 Å². The number of rotatable bonds is 22. The molecule has 0 aliphatic rings. The second-order valence-electron chi connectivity index (χ2n) is 14.5. The number of aryl methyl sites for hydroxylation is 1. The number of hydrogen-bond donors (Lipinski definition) is 3. The van der Waals surface area contributed by atoms with Crippen LogP contribution in [0.3, 0.4) is 0 Å². The Morgan fingerprint density at radius 1 is 0.873 bits per heavy atom. The molecule has 0 fully saturated rings. The summed E-state index contributed by atoms with van der Waals surface area (Å²) in [5, 5.41) is 10.4. The number of carbonyl (C=O) groups excluding carboxylic acids is 1. The summed E-state index contributed by atoms with van der Waals surface area (Å²) in [6, 6.07) is 16.1. The predicted molar refractivity (Wildman–Crippen MR) is 230 cm³/mol. The number of amides is 1. The molecule has 0 atom stereocenters. The second kappa shape index (κ2) is 21.0. The lowest BCUT2D eigenvalue weighted by Gasteiger charge is -2.21. The highest BCUT2D eigenvalue weighted by molar-refractivity contribution is 8.04. The van der Waals surface area contributed by atoms with Crippen LogP contribution >= 0.6 is 11.6 Å². The lowest BCUT2D eigenvalue weighted by molar-refractivity contribution is -0.121. The summed E-state index contributed by atoms with van der Waals surface area (Å²) in [5.41, 5.74) is 6.00. The number of hydrogen-bond acceptors (Lipinski definition) is 14. The Morgan fingerprint density at radius 2 is 1.54 bits per heavy atom. The van der Waals surface area contributed by atoms with Gasteiger partial charge in [0.15, 0.2) is 9.84 Å². The smallest absolute Gasteiger partial charge is 0.286 e. The molecule has 0 radical (unpaired) electrons. The van der Waals surface area contributed by atoms with E-state index in [0.717, 1.165) is 34.1 Å². The summed E-state index contributed by atoms with van der Waals surface area (Å²) in [6.45, 7) is 2.49. The van der Waals surface area contributed by atoms with Gasteiger partial charge >= 0.3 is 0 Å². The molecule has 0 aliphatic heterocycles. The first-order valence-corrected chi connectivity index (χ1v) is 24.3. The molecule has 1 amide bonds. The third-order valence-electron chi connectivity index (χ3n) is 9.58. The van der Waals surface area contributed by atoms with E-state index in [1.165, 1.54) is 30.4 Å². The fourth-order valence-electron chi connectivity index (χ4n) is 6.30. The van der Waals surface area contributed by atoms with Crippen LogP contribution in [0.25, 0.3) is 11.1 Å². The first-order valence-electron chi connectivity index (χ1n) is 19.0. The van der Waals surface area contributed by atoms with Gasteiger partial charge in [-0.2, -0.15) is 16.8 Å². The fraction of sp³-hybridized carbons (Fsp3) is 0.350. The van der Waals surface area contributed by atoms with Gasteiger partial charge in [-0.25, -0.2) is 8.42 Å². The zero-order valence-electron chi connectivity index (χ0n) is 34.6. The third kappa shape index (κ3) is 13.6. The normalized spacial score (nSPS) is 12.2. The third-order valence-corrected chi connectivity index (χ3v) is 14.1. The Kier molecular flexibility index (Phi) is 16.2. The Bertz CT molecular complexity index is 2740. The average molecular weight is 953 g/mol. The highest BCUT2D eigenvalue weighted by atomic mass is 35.5. The zero-order valence-corrected chi connectivity index (χ0v) is 37.8. The maximum Gasteiger partial charge on any atom is 0.286 e. The van der Waals surface area contributed by atoms with Crippen molar-refractivity contribution in [3.63, 3.8) is 0 Å². The van der Waals surface area contributed by atoms with Crippen molar-refractivity contribution in [2.75, 3.05) is 33.1 Å². The van der Waals surface area contributed by atoms with Crippen LogP contribution in [-0.2, 0) is 67.8 Å². The van der Waals surface area contributed by atoms with E-state index in [0.29, 0.717) is 35.5 Å². The molecule has 5 rings (SSSR count). The number of ether oxygens (including phenoxy) is 3. The molecule has 18 nitrogen and oxygen atoms in total. The number of halogens is 2. The number of pyridine rings is 1. The number of carbonyl (C=O) groups is 1. The average Bonchev–Trinajstić information content (AvgIpc) is 3.66. The minimum absolute atomic E-state index is 0.00566. The molecule has 3 N–H and O–H groups in total. The molecule has 0 saturated carbocycles. The summed E-state index contributed by atoms with van der Waals surface area (Å²) in [5.74, 6) is 0.286. The van der Waals surface area contributed by atoms with Crippen LogP contribution in [0.15, 0.2) is 78.1 Å². The Morgan fingerprint density at radius 3 is 2.22 bits per heavy atom. The molecule has 2 heterocycles. The number of nitrogens with one attached hydrogen (secondary N) is 1. The van der Waals surface area contributed by atoms with E-state index in [-0.39, 0.29) is 47.8 Å². The molecule has 0 unspecified atom stereocenters. The molecule has 0 spiro atoms. The molecule has 3 aromatic carbocycles. The van der Waals surface area contributed by atoms with Crippen molar-refractivity contribution in [1.29, 1.82) is 0 Å². The maximum atomic E-state index is 12.7.